The fraction of sp³-hybridized carbons (Fsp3) is 0.286. The molecule has 0 fully saturated rings. The number of anilines is 2. The zero-order valence-corrected chi connectivity index (χ0v) is 11.7. The Labute approximate surface area is 122 Å². The third-order valence-corrected chi connectivity index (χ3v) is 3.31. The summed E-state index contributed by atoms with van der Waals surface area (Å²) >= 11 is 6.08. The molecule has 0 aliphatic carbocycles. The van der Waals surface area contributed by atoms with Crippen molar-refractivity contribution in [3.8, 4) is 11.3 Å². The second kappa shape index (κ2) is 6.65. The number of halogens is 1. The van der Waals surface area contributed by atoms with Crippen molar-refractivity contribution in [2.45, 2.75) is 0 Å². The molecule has 0 saturated heterocycles. The highest BCUT2D eigenvalue weighted by atomic mass is 35.5. The smallest absolute Gasteiger partial charge is 0.136 e. The lowest BCUT2D eigenvalue weighted by Gasteiger charge is -2.25. The summed E-state index contributed by atoms with van der Waals surface area (Å²) in [6, 6.07) is 7.06. The second-order valence-corrected chi connectivity index (χ2v) is 4.71. The van der Waals surface area contributed by atoms with Crippen LogP contribution in [0, 0.1) is 0 Å². The van der Waals surface area contributed by atoms with Crippen molar-refractivity contribution in [3.05, 3.63) is 35.6 Å². The Hall–Kier alpha value is -1.69. The van der Waals surface area contributed by atoms with Gasteiger partial charge in [0.2, 0.25) is 0 Å². The van der Waals surface area contributed by atoms with Gasteiger partial charge in [-0.25, -0.2) is 0 Å². The molecule has 2 rings (SSSR count). The minimum absolute atomic E-state index is 0.0282. The molecule has 0 aliphatic heterocycles. The third-order valence-electron chi connectivity index (χ3n) is 2.98. The molecule has 0 unspecified atom stereocenters. The SMILES string of the molecule is Nc1cc(-c2ccco2)c(N(CCO)CCO)cc1Cl. The predicted octanol–water partition coefficient (Wildman–Crippen LogP) is 1.97. The van der Waals surface area contributed by atoms with E-state index in [1.807, 2.05) is 11.0 Å². The highest BCUT2D eigenvalue weighted by Gasteiger charge is 2.16. The van der Waals surface area contributed by atoms with Gasteiger partial charge in [-0.05, 0) is 24.3 Å². The first-order chi connectivity index (χ1) is 9.67. The van der Waals surface area contributed by atoms with E-state index in [0.29, 0.717) is 29.6 Å². The quantitative estimate of drug-likeness (QED) is 0.710. The summed E-state index contributed by atoms with van der Waals surface area (Å²) in [6.45, 7) is 0.711. The summed E-state index contributed by atoms with van der Waals surface area (Å²) in [5, 5.41) is 18.8. The van der Waals surface area contributed by atoms with Crippen LogP contribution in [0.4, 0.5) is 11.4 Å². The number of benzene rings is 1. The zero-order chi connectivity index (χ0) is 14.5. The minimum Gasteiger partial charge on any atom is -0.464 e. The van der Waals surface area contributed by atoms with Crippen LogP contribution in [0.25, 0.3) is 11.3 Å². The van der Waals surface area contributed by atoms with Crippen LogP contribution in [0.3, 0.4) is 0 Å². The van der Waals surface area contributed by atoms with Crippen LogP contribution < -0.4 is 10.6 Å². The van der Waals surface area contributed by atoms with Gasteiger partial charge in [-0.2, -0.15) is 0 Å². The monoisotopic (exact) mass is 296 g/mol. The maximum atomic E-state index is 9.17. The van der Waals surface area contributed by atoms with Gasteiger partial charge in [0.05, 0.1) is 30.2 Å². The van der Waals surface area contributed by atoms with Crippen molar-refractivity contribution in [1.29, 1.82) is 0 Å². The highest BCUT2D eigenvalue weighted by Crippen LogP contribution is 2.36. The van der Waals surface area contributed by atoms with E-state index in [2.05, 4.69) is 0 Å². The van der Waals surface area contributed by atoms with E-state index in [1.54, 1.807) is 24.5 Å². The van der Waals surface area contributed by atoms with Gasteiger partial charge < -0.3 is 25.3 Å². The molecule has 6 heteroatoms. The Bertz CT molecular complexity index is 552. The molecular formula is C14H17ClN2O3. The predicted molar refractivity (Wildman–Crippen MR) is 80.0 cm³/mol. The standard InChI is InChI=1S/C14H17ClN2O3/c15-11-9-13(17(3-5-18)4-6-19)10(8-12(11)16)14-2-1-7-20-14/h1-2,7-9,18-19H,3-6,16H2. The number of rotatable bonds is 6. The lowest BCUT2D eigenvalue weighted by Crippen LogP contribution is -2.30. The molecule has 4 N–H and O–H groups in total. The molecule has 1 aromatic carbocycles. The molecule has 0 spiro atoms. The van der Waals surface area contributed by atoms with E-state index in [1.165, 1.54) is 0 Å². The molecule has 2 aromatic rings. The Morgan fingerprint density at radius 3 is 2.45 bits per heavy atom. The summed E-state index contributed by atoms with van der Waals surface area (Å²) in [4.78, 5) is 1.84. The van der Waals surface area contributed by atoms with Crippen LogP contribution in [0.2, 0.25) is 5.02 Å². The average Bonchev–Trinajstić information content (AvgIpc) is 2.95. The number of aliphatic hydroxyl groups excluding tert-OH is 2. The third kappa shape index (κ3) is 3.07. The van der Waals surface area contributed by atoms with Gasteiger partial charge in [-0.3, -0.25) is 0 Å². The van der Waals surface area contributed by atoms with Gasteiger partial charge in [0.25, 0.3) is 0 Å². The van der Waals surface area contributed by atoms with Gasteiger partial charge in [-0.15, -0.1) is 0 Å². The summed E-state index contributed by atoms with van der Waals surface area (Å²) in [5.74, 6) is 0.657. The molecule has 0 atom stereocenters. The van der Waals surface area contributed by atoms with E-state index in [0.717, 1.165) is 11.3 Å². The fourth-order valence-corrected chi connectivity index (χ4v) is 2.22. The first kappa shape index (κ1) is 14.7. The molecule has 0 saturated carbocycles. The van der Waals surface area contributed by atoms with Gasteiger partial charge in [0.1, 0.15) is 5.76 Å². The highest BCUT2D eigenvalue weighted by molar-refractivity contribution is 6.33. The Morgan fingerprint density at radius 2 is 1.90 bits per heavy atom. The molecule has 0 aliphatic rings. The number of hydrogen-bond donors (Lipinski definition) is 3. The normalized spacial score (nSPS) is 10.8. The first-order valence-electron chi connectivity index (χ1n) is 6.27. The largest absolute Gasteiger partial charge is 0.464 e. The Morgan fingerprint density at radius 1 is 1.20 bits per heavy atom. The topological polar surface area (TPSA) is 82.9 Å². The number of nitrogens with two attached hydrogens (primary N) is 1. The summed E-state index contributed by atoms with van der Waals surface area (Å²) in [6.07, 6.45) is 1.58. The summed E-state index contributed by atoms with van der Waals surface area (Å²) in [5.41, 5.74) is 7.85. The van der Waals surface area contributed by atoms with Gasteiger partial charge >= 0.3 is 0 Å². The van der Waals surface area contributed by atoms with Gasteiger partial charge in [0.15, 0.2) is 0 Å². The van der Waals surface area contributed by atoms with Crippen LogP contribution in [0.1, 0.15) is 0 Å². The van der Waals surface area contributed by atoms with Crippen LogP contribution >= 0.6 is 11.6 Å². The van der Waals surface area contributed by atoms with E-state index in [4.69, 9.17) is 32.0 Å². The first-order valence-corrected chi connectivity index (χ1v) is 6.64. The molecule has 20 heavy (non-hydrogen) atoms. The number of hydrogen-bond acceptors (Lipinski definition) is 5. The Balaban J connectivity index is 2.51. The number of nitrogens with zero attached hydrogens (tertiary/aromatic N) is 1. The van der Waals surface area contributed by atoms with Crippen molar-refractivity contribution >= 4 is 23.0 Å². The Kier molecular flexibility index (Phi) is 4.89. The molecule has 0 amide bonds. The van der Waals surface area contributed by atoms with Gasteiger partial charge in [0, 0.05) is 24.3 Å². The van der Waals surface area contributed by atoms with Gasteiger partial charge in [-0.1, -0.05) is 11.6 Å². The van der Waals surface area contributed by atoms with Crippen LogP contribution in [0.15, 0.2) is 34.9 Å². The van der Waals surface area contributed by atoms with Crippen molar-refractivity contribution in [3.63, 3.8) is 0 Å². The number of furan rings is 1. The number of aliphatic hydroxyl groups is 2. The van der Waals surface area contributed by atoms with Crippen molar-refractivity contribution in [2.24, 2.45) is 0 Å². The van der Waals surface area contributed by atoms with Crippen LogP contribution in [0.5, 0.6) is 0 Å². The summed E-state index contributed by atoms with van der Waals surface area (Å²) in [7, 11) is 0. The molecule has 108 valence electrons. The maximum absolute atomic E-state index is 9.17. The van der Waals surface area contributed by atoms with Crippen molar-refractivity contribution in [2.75, 3.05) is 36.9 Å². The number of nitrogen functional groups attached to an aromatic ring is 1. The molecule has 0 radical (unpaired) electrons. The maximum Gasteiger partial charge on any atom is 0.136 e. The lowest BCUT2D eigenvalue weighted by molar-refractivity contribution is 0.281. The van der Waals surface area contributed by atoms with Crippen molar-refractivity contribution in [1.82, 2.24) is 0 Å². The van der Waals surface area contributed by atoms with E-state index < -0.39 is 0 Å². The van der Waals surface area contributed by atoms with E-state index in [-0.39, 0.29) is 13.2 Å². The van der Waals surface area contributed by atoms with Crippen LogP contribution in [-0.4, -0.2) is 36.5 Å². The van der Waals surface area contributed by atoms with E-state index >= 15 is 0 Å². The second-order valence-electron chi connectivity index (χ2n) is 4.30. The van der Waals surface area contributed by atoms with Crippen LogP contribution in [-0.2, 0) is 0 Å². The fourth-order valence-electron chi connectivity index (χ4n) is 2.06. The molecule has 1 heterocycles. The van der Waals surface area contributed by atoms with E-state index in [9.17, 15) is 0 Å². The minimum atomic E-state index is -0.0282. The summed E-state index contributed by atoms with van der Waals surface area (Å²) < 4.78 is 5.41. The molecular weight excluding hydrogens is 280 g/mol. The molecule has 0 bridgehead atoms. The molecule has 1 aromatic heterocycles. The van der Waals surface area contributed by atoms with Crippen molar-refractivity contribution < 1.29 is 14.6 Å². The zero-order valence-electron chi connectivity index (χ0n) is 10.9. The molecule has 5 nitrogen and oxygen atoms in total. The average molecular weight is 297 g/mol. The lowest BCUT2D eigenvalue weighted by atomic mass is 10.1.